The average molecular weight is 328 g/mol. The minimum Gasteiger partial charge on any atom is -0.320 e. The van der Waals surface area contributed by atoms with E-state index in [1.807, 2.05) is 0 Å². The molecular formula is C12H14BrN3O3. The van der Waals surface area contributed by atoms with Crippen LogP contribution < -0.4 is 10.6 Å². The lowest BCUT2D eigenvalue weighted by Gasteiger charge is -2.31. The molecule has 2 N–H and O–H groups in total. The van der Waals surface area contributed by atoms with Crippen molar-refractivity contribution < 1.29 is 9.72 Å². The van der Waals surface area contributed by atoms with Crippen LogP contribution in [0.1, 0.15) is 18.4 Å². The highest BCUT2D eigenvalue weighted by Gasteiger charge is 2.29. The largest absolute Gasteiger partial charge is 0.320 e. The second-order valence-corrected chi connectivity index (χ2v) is 5.44. The summed E-state index contributed by atoms with van der Waals surface area (Å²) >= 11 is 3.36. The average Bonchev–Trinajstić information content (AvgIpc) is 2.33. The molecule has 1 aliphatic rings. The first kappa shape index (κ1) is 14.0. The van der Waals surface area contributed by atoms with Gasteiger partial charge in [0.2, 0.25) is 5.91 Å². The molecule has 1 saturated heterocycles. The molecule has 1 heterocycles. The zero-order valence-electron chi connectivity index (χ0n) is 10.4. The van der Waals surface area contributed by atoms with Gasteiger partial charge >= 0.3 is 0 Å². The van der Waals surface area contributed by atoms with Crippen molar-refractivity contribution in [1.82, 2.24) is 0 Å². The number of rotatable bonds is 2. The molecule has 7 heteroatoms. The molecule has 1 atom stereocenters. The van der Waals surface area contributed by atoms with E-state index in [9.17, 15) is 14.9 Å². The van der Waals surface area contributed by atoms with Gasteiger partial charge in [-0.3, -0.25) is 14.9 Å². The van der Waals surface area contributed by atoms with Gasteiger partial charge < -0.3 is 10.6 Å². The molecular weight excluding hydrogens is 314 g/mol. The van der Waals surface area contributed by atoms with Crippen LogP contribution in [0.4, 0.5) is 11.4 Å². The standard InChI is InChI=1S/C12H14BrN3O3/c1-7-5-8(13)11(6-10(7)16(18)19)15-4-2-3-9(14)12(15)17/h5-6,9H,2-4,14H2,1H3. The molecule has 0 radical (unpaired) electrons. The van der Waals surface area contributed by atoms with Gasteiger partial charge in [-0.05, 0) is 41.8 Å². The van der Waals surface area contributed by atoms with Crippen molar-refractivity contribution in [3.8, 4) is 0 Å². The second-order valence-electron chi connectivity index (χ2n) is 4.59. The number of nitrogens with zero attached hydrogens (tertiary/aromatic N) is 2. The van der Waals surface area contributed by atoms with Gasteiger partial charge in [-0.25, -0.2) is 0 Å². The Morgan fingerprint density at radius 1 is 1.53 bits per heavy atom. The van der Waals surface area contributed by atoms with Gasteiger partial charge in [-0.15, -0.1) is 0 Å². The minimum atomic E-state index is -0.527. The maximum atomic E-state index is 12.1. The first-order valence-corrected chi connectivity index (χ1v) is 6.72. The van der Waals surface area contributed by atoms with Gasteiger partial charge in [-0.1, -0.05) is 0 Å². The van der Waals surface area contributed by atoms with Crippen LogP contribution in [0.3, 0.4) is 0 Å². The Morgan fingerprint density at radius 3 is 2.84 bits per heavy atom. The Morgan fingerprint density at radius 2 is 2.21 bits per heavy atom. The fourth-order valence-corrected chi connectivity index (χ4v) is 2.87. The van der Waals surface area contributed by atoms with Crippen molar-refractivity contribution in [3.63, 3.8) is 0 Å². The fourth-order valence-electron chi connectivity index (χ4n) is 2.20. The number of amides is 1. The van der Waals surface area contributed by atoms with E-state index in [2.05, 4.69) is 15.9 Å². The Balaban J connectivity index is 2.47. The van der Waals surface area contributed by atoms with Crippen LogP contribution in [0, 0.1) is 17.0 Å². The van der Waals surface area contributed by atoms with Gasteiger partial charge in [-0.2, -0.15) is 0 Å². The number of halogens is 1. The smallest absolute Gasteiger partial charge is 0.274 e. The number of aryl methyl sites for hydroxylation is 1. The highest BCUT2D eigenvalue weighted by Crippen LogP contribution is 2.34. The molecule has 102 valence electrons. The summed E-state index contributed by atoms with van der Waals surface area (Å²) in [7, 11) is 0. The molecule has 0 aliphatic carbocycles. The van der Waals surface area contributed by atoms with Crippen LogP contribution >= 0.6 is 15.9 Å². The summed E-state index contributed by atoms with van der Waals surface area (Å²) in [6.45, 7) is 2.20. The number of anilines is 1. The molecule has 2 rings (SSSR count). The maximum Gasteiger partial charge on any atom is 0.274 e. The van der Waals surface area contributed by atoms with E-state index < -0.39 is 11.0 Å². The molecule has 0 spiro atoms. The van der Waals surface area contributed by atoms with Crippen molar-refractivity contribution in [3.05, 3.63) is 32.3 Å². The summed E-state index contributed by atoms with van der Waals surface area (Å²) in [6, 6.07) is 2.55. The predicted octanol–water partition coefficient (Wildman–Crippen LogP) is 2.12. The summed E-state index contributed by atoms with van der Waals surface area (Å²) in [5.41, 5.74) is 6.81. The van der Waals surface area contributed by atoms with Crippen molar-refractivity contribution in [2.75, 3.05) is 11.4 Å². The zero-order chi connectivity index (χ0) is 14.2. The highest BCUT2D eigenvalue weighted by atomic mass is 79.9. The van der Waals surface area contributed by atoms with Crippen molar-refractivity contribution in [2.45, 2.75) is 25.8 Å². The predicted molar refractivity (Wildman–Crippen MR) is 75.1 cm³/mol. The third kappa shape index (κ3) is 2.62. The first-order chi connectivity index (χ1) is 8.91. The van der Waals surface area contributed by atoms with Crippen LogP contribution in [0.5, 0.6) is 0 Å². The Kier molecular flexibility index (Phi) is 3.86. The molecule has 0 saturated carbocycles. The van der Waals surface area contributed by atoms with E-state index >= 15 is 0 Å². The summed E-state index contributed by atoms with van der Waals surface area (Å²) in [4.78, 5) is 24.1. The van der Waals surface area contributed by atoms with Crippen LogP contribution in [0.15, 0.2) is 16.6 Å². The third-order valence-electron chi connectivity index (χ3n) is 3.23. The summed E-state index contributed by atoms with van der Waals surface area (Å²) < 4.78 is 0.665. The van der Waals surface area contributed by atoms with Crippen LogP contribution in [-0.4, -0.2) is 23.4 Å². The second kappa shape index (κ2) is 5.26. The van der Waals surface area contributed by atoms with E-state index in [0.29, 0.717) is 28.7 Å². The summed E-state index contributed by atoms with van der Waals surface area (Å²) in [5, 5.41) is 11.0. The normalized spacial score (nSPS) is 19.6. The summed E-state index contributed by atoms with van der Waals surface area (Å²) in [6.07, 6.45) is 1.45. The molecule has 1 unspecified atom stereocenters. The van der Waals surface area contributed by atoms with Gasteiger partial charge in [0.25, 0.3) is 5.69 Å². The molecule has 1 fully saturated rings. The van der Waals surface area contributed by atoms with Gasteiger partial charge in [0.05, 0.1) is 16.7 Å². The number of carbonyl (C=O) groups is 1. The molecule has 1 aromatic rings. The lowest BCUT2D eigenvalue weighted by Crippen LogP contribution is -2.48. The number of hydrogen-bond acceptors (Lipinski definition) is 4. The molecule has 0 aromatic heterocycles. The molecule has 0 bridgehead atoms. The number of benzene rings is 1. The first-order valence-electron chi connectivity index (χ1n) is 5.93. The van der Waals surface area contributed by atoms with Gasteiger partial charge in [0.15, 0.2) is 0 Å². The van der Waals surface area contributed by atoms with Crippen molar-refractivity contribution in [2.24, 2.45) is 5.73 Å². The van der Waals surface area contributed by atoms with Crippen molar-refractivity contribution >= 4 is 33.2 Å². The Labute approximate surface area is 118 Å². The van der Waals surface area contributed by atoms with Crippen LogP contribution in [-0.2, 0) is 4.79 Å². The minimum absolute atomic E-state index is 0.00476. The van der Waals surface area contributed by atoms with E-state index in [0.717, 1.165) is 6.42 Å². The van der Waals surface area contributed by atoms with E-state index in [1.165, 1.54) is 11.0 Å². The van der Waals surface area contributed by atoms with Gasteiger partial charge in [0.1, 0.15) is 0 Å². The molecule has 1 amide bonds. The maximum absolute atomic E-state index is 12.1. The number of hydrogen-bond donors (Lipinski definition) is 1. The molecule has 6 nitrogen and oxygen atoms in total. The zero-order valence-corrected chi connectivity index (χ0v) is 12.0. The lowest BCUT2D eigenvalue weighted by atomic mass is 10.0. The number of nitro benzene ring substituents is 1. The SMILES string of the molecule is Cc1cc(Br)c(N2CCCC(N)C2=O)cc1[N+](=O)[O-]. The Bertz CT molecular complexity index is 547. The van der Waals surface area contributed by atoms with E-state index in [4.69, 9.17) is 5.73 Å². The number of piperidine rings is 1. The van der Waals surface area contributed by atoms with E-state index in [-0.39, 0.29) is 11.6 Å². The van der Waals surface area contributed by atoms with Crippen LogP contribution in [0.2, 0.25) is 0 Å². The quantitative estimate of drug-likeness (QED) is 0.665. The van der Waals surface area contributed by atoms with E-state index in [1.54, 1.807) is 13.0 Å². The third-order valence-corrected chi connectivity index (χ3v) is 3.87. The fraction of sp³-hybridized carbons (Fsp3) is 0.417. The lowest BCUT2D eigenvalue weighted by molar-refractivity contribution is -0.385. The van der Waals surface area contributed by atoms with Gasteiger partial charge in [0, 0.05) is 22.6 Å². The number of nitrogens with two attached hydrogens (primary N) is 1. The highest BCUT2D eigenvalue weighted by molar-refractivity contribution is 9.10. The molecule has 19 heavy (non-hydrogen) atoms. The summed E-state index contributed by atoms with van der Waals surface area (Å²) in [5.74, 6) is -0.190. The topological polar surface area (TPSA) is 89.5 Å². The number of nitro groups is 1. The molecule has 1 aromatic carbocycles. The monoisotopic (exact) mass is 327 g/mol. The molecule has 1 aliphatic heterocycles. The number of carbonyl (C=O) groups excluding carboxylic acids is 1. The van der Waals surface area contributed by atoms with Crippen LogP contribution in [0.25, 0.3) is 0 Å². The van der Waals surface area contributed by atoms with Crippen molar-refractivity contribution in [1.29, 1.82) is 0 Å². The Hall–Kier alpha value is -1.47.